The van der Waals surface area contributed by atoms with Crippen molar-refractivity contribution in [3.8, 4) is 0 Å². The van der Waals surface area contributed by atoms with E-state index in [-0.39, 0.29) is 0 Å². The highest BCUT2D eigenvalue weighted by atomic mass is 16.1. The van der Waals surface area contributed by atoms with Crippen LogP contribution >= 0.6 is 0 Å². The average molecular weight is 282 g/mol. The molecule has 21 heavy (non-hydrogen) atoms. The molecule has 0 unspecified atom stereocenters. The molecule has 5 heteroatoms. The van der Waals surface area contributed by atoms with Crippen LogP contribution in [0.1, 0.15) is 28.9 Å². The van der Waals surface area contributed by atoms with Crippen molar-refractivity contribution < 1.29 is 4.79 Å². The number of amides is 1. The molecular weight excluding hydrogens is 264 g/mol. The first-order chi connectivity index (χ1) is 10.1. The SMILES string of the molecule is NC(=O)c1cc(N(Cc2ccccc2N)C2CC2)ccn1. The number of carbonyl (C=O) groups excluding carboxylic acids is 1. The monoisotopic (exact) mass is 282 g/mol. The number of hydrogen-bond acceptors (Lipinski definition) is 4. The van der Waals surface area contributed by atoms with Gasteiger partial charge in [-0.1, -0.05) is 18.2 Å². The summed E-state index contributed by atoms with van der Waals surface area (Å²) >= 11 is 0. The third kappa shape index (κ3) is 2.97. The molecule has 3 rings (SSSR count). The summed E-state index contributed by atoms with van der Waals surface area (Å²) < 4.78 is 0. The standard InChI is InChI=1S/C16H18N4O/c17-14-4-2-1-3-11(14)10-20(12-5-6-12)13-7-8-19-15(9-13)16(18)21/h1-4,7-9,12H,5-6,10,17H2,(H2,18,21). The van der Waals surface area contributed by atoms with Crippen molar-refractivity contribution in [3.63, 3.8) is 0 Å². The van der Waals surface area contributed by atoms with Gasteiger partial charge < -0.3 is 16.4 Å². The maximum atomic E-state index is 11.3. The largest absolute Gasteiger partial charge is 0.398 e. The number of nitrogens with zero attached hydrogens (tertiary/aromatic N) is 2. The number of pyridine rings is 1. The quantitative estimate of drug-likeness (QED) is 0.821. The van der Waals surface area contributed by atoms with Crippen LogP contribution < -0.4 is 16.4 Å². The number of anilines is 2. The van der Waals surface area contributed by atoms with Crippen molar-refractivity contribution in [2.75, 3.05) is 10.6 Å². The number of benzene rings is 1. The Bertz CT molecular complexity index is 667. The number of para-hydroxylation sites is 1. The summed E-state index contributed by atoms with van der Waals surface area (Å²) in [5, 5.41) is 0. The van der Waals surface area contributed by atoms with Gasteiger partial charge in [-0.25, -0.2) is 0 Å². The number of rotatable bonds is 5. The van der Waals surface area contributed by atoms with E-state index in [2.05, 4.69) is 9.88 Å². The van der Waals surface area contributed by atoms with Gasteiger partial charge in [0.25, 0.3) is 5.91 Å². The number of carbonyl (C=O) groups is 1. The van der Waals surface area contributed by atoms with Gasteiger partial charge in [-0.05, 0) is 36.6 Å². The molecule has 1 aromatic heterocycles. The Labute approximate surface area is 123 Å². The molecule has 0 atom stereocenters. The number of nitrogens with two attached hydrogens (primary N) is 2. The smallest absolute Gasteiger partial charge is 0.267 e. The van der Waals surface area contributed by atoms with Crippen LogP contribution in [0.25, 0.3) is 0 Å². The topological polar surface area (TPSA) is 85.2 Å². The van der Waals surface area contributed by atoms with Crippen molar-refractivity contribution in [3.05, 3.63) is 53.9 Å². The molecule has 108 valence electrons. The van der Waals surface area contributed by atoms with E-state index < -0.39 is 5.91 Å². The molecule has 0 radical (unpaired) electrons. The van der Waals surface area contributed by atoms with E-state index in [9.17, 15) is 4.79 Å². The first-order valence-corrected chi connectivity index (χ1v) is 7.01. The molecule has 2 aromatic rings. The molecule has 0 aliphatic heterocycles. The predicted molar refractivity (Wildman–Crippen MR) is 82.8 cm³/mol. The molecule has 0 saturated heterocycles. The lowest BCUT2D eigenvalue weighted by Gasteiger charge is -2.25. The van der Waals surface area contributed by atoms with E-state index in [0.717, 1.165) is 36.3 Å². The minimum absolute atomic E-state index is 0.291. The van der Waals surface area contributed by atoms with Crippen molar-refractivity contribution in [2.45, 2.75) is 25.4 Å². The Balaban J connectivity index is 1.90. The predicted octanol–water partition coefficient (Wildman–Crippen LogP) is 1.93. The fourth-order valence-electron chi connectivity index (χ4n) is 2.41. The Kier molecular flexibility index (Phi) is 3.48. The van der Waals surface area contributed by atoms with Crippen LogP contribution in [0, 0.1) is 0 Å². The van der Waals surface area contributed by atoms with Gasteiger partial charge in [0.05, 0.1) is 0 Å². The van der Waals surface area contributed by atoms with Gasteiger partial charge in [0.2, 0.25) is 0 Å². The van der Waals surface area contributed by atoms with Crippen molar-refractivity contribution in [1.82, 2.24) is 4.98 Å². The molecule has 0 bridgehead atoms. The van der Waals surface area contributed by atoms with Gasteiger partial charge in [0.1, 0.15) is 5.69 Å². The van der Waals surface area contributed by atoms with Gasteiger partial charge >= 0.3 is 0 Å². The first kappa shape index (κ1) is 13.4. The fourth-order valence-corrected chi connectivity index (χ4v) is 2.41. The van der Waals surface area contributed by atoms with Gasteiger partial charge in [-0.3, -0.25) is 9.78 Å². The summed E-state index contributed by atoms with van der Waals surface area (Å²) in [5.41, 5.74) is 14.5. The van der Waals surface area contributed by atoms with Crippen LogP contribution in [0.5, 0.6) is 0 Å². The maximum Gasteiger partial charge on any atom is 0.267 e. The molecule has 1 aromatic carbocycles. The summed E-state index contributed by atoms with van der Waals surface area (Å²) in [4.78, 5) is 17.6. The number of hydrogen-bond donors (Lipinski definition) is 2. The number of nitrogen functional groups attached to an aromatic ring is 1. The third-order valence-electron chi connectivity index (χ3n) is 3.71. The third-order valence-corrected chi connectivity index (χ3v) is 3.71. The van der Waals surface area contributed by atoms with Crippen LogP contribution in [0.15, 0.2) is 42.6 Å². The second-order valence-corrected chi connectivity index (χ2v) is 5.32. The molecule has 1 aliphatic carbocycles. The Morgan fingerprint density at radius 1 is 1.29 bits per heavy atom. The normalized spacial score (nSPS) is 13.9. The van der Waals surface area contributed by atoms with Crippen LogP contribution in [-0.2, 0) is 6.54 Å². The second kappa shape index (κ2) is 5.44. The highest BCUT2D eigenvalue weighted by molar-refractivity contribution is 5.91. The number of aromatic nitrogens is 1. The summed E-state index contributed by atoms with van der Waals surface area (Å²) in [6.07, 6.45) is 3.93. The molecule has 1 heterocycles. The molecule has 1 saturated carbocycles. The zero-order chi connectivity index (χ0) is 14.8. The van der Waals surface area contributed by atoms with Crippen LogP contribution in [0.3, 0.4) is 0 Å². The Hall–Kier alpha value is -2.56. The van der Waals surface area contributed by atoms with Crippen molar-refractivity contribution in [2.24, 2.45) is 5.73 Å². The minimum atomic E-state index is -0.508. The lowest BCUT2D eigenvalue weighted by molar-refractivity contribution is 0.0995. The first-order valence-electron chi connectivity index (χ1n) is 7.01. The van der Waals surface area contributed by atoms with E-state index >= 15 is 0 Å². The number of primary amides is 1. The van der Waals surface area contributed by atoms with E-state index in [1.807, 2.05) is 30.3 Å². The summed E-state index contributed by atoms with van der Waals surface area (Å²) in [7, 11) is 0. The highest BCUT2D eigenvalue weighted by Crippen LogP contribution is 2.33. The van der Waals surface area contributed by atoms with Gasteiger partial charge in [0, 0.05) is 30.2 Å². The molecule has 4 N–H and O–H groups in total. The van der Waals surface area contributed by atoms with Crippen LogP contribution in [-0.4, -0.2) is 16.9 Å². The highest BCUT2D eigenvalue weighted by Gasteiger charge is 2.30. The lowest BCUT2D eigenvalue weighted by atomic mass is 10.1. The van der Waals surface area contributed by atoms with Crippen molar-refractivity contribution >= 4 is 17.3 Å². The minimum Gasteiger partial charge on any atom is -0.398 e. The van der Waals surface area contributed by atoms with E-state index in [0.29, 0.717) is 11.7 Å². The second-order valence-electron chi connectivity index (χ2n) is 5.32. The molecule has 1 aliphatic rings. The molecule has 0 spiro atoms. The van der Waals surface area contributed by atoms with Gasteiger partial charge in [-0.2, -0.15) is 0 Å². The summed E-state index contributed by atoms with van der Waals surface area (Å²) in [6, 6.07) is 12.0. The fraction of sp³-hybridized carbons (Fsp3) is 0.250. The zero-order valence-corrected chi connectivity index (χ0v) is 11.7. The average Bonchev–Trinajstić information content (AvgIpc) is 3.31. The Morgan fingerprint density at radius 3 is 2.71 bits per heavy atom. The van der Waals surface area contributed by atoms with Crippen LogP contribution in [0.4, 0.5) is 11.4 Å². The van der Waals surface area contributed by atoms with Gasteiger partial charge in [0.15, 0.2) is 0 Å². The lowest BCUT2D eigenvalue weighted by Crippen LogP contribution is -2.26. The maximum absolute atomic E-state index is 11.3. The molecule has 1 fully saturated rings. The van der Waals surface area contributed by atoms with E-state index in [4.69, 9.17) is 11.5 Å². The summed E-state index contributed by atoms with van der Waals surface area (Å²) in [6.45, 7) is 0.722. The summed E-state index contributed by atoms with van der Waals surface area (Å²) in [5.74, 6) is -0.508. The Morgan fingerprint density at radius 2 is 2.05 bits per heavy atom. The molecule has 1 amide bonds. The van der Waals surface area contributed by atoms with E-state index in [1.54, 1.807) is 12.3 Å². The van der Waals surface area contributed by atoms with Crippen LogP contribution in [0.2, 0.25) is 0 Å². The van der Waals surface area contributed by atoms with E-state index in [1.165, 1.54) is 0 Å². The molecular formula is C16H18N4O. The van der Waals surface area contributed by atoms with Gasteiger partial charge in [-0.15, -0.1) is 0 Å². The zero-order valence-electron chi connectivity index (χ0n) is 11.7. The molecule has 5 nitrogen and oxygen atoms in total. The van der Waals surface area contributed by atoms with Crippen molar-refractivity contribution in [1.29, 1.82) is 0 Å².